The molecule has 11 N–H and O–H groups in total. The highest BCUT2D eigenvalue weighted by atomic mass is 16.7. The molecular formula is C57H93N3O19. The first kappa shape index (κ1) is 62.1. The summed E-state index contributed by atoms with van der Waals surface area (Å²) in [5.74, 6) is -3.20. The molecule has 4 amide bonds. The summed E-state index contributed by atoms with van der Waals surface area (Å²) in [7, 11) is 0. The minimum atomic E-state index is -1.68. The molecule has 2 aliphatic heterocycles. The van der Waals surface area contributed by atoms with Gasteiger partial charge < -0.3 is 79.9 Å². The molecule has 6 saturated carbocycles. The molecule has 22 nitrogen and oxygen atoms in total. The molecule has 79 heavy (non-hydrogen) atoms. The third kappa shape index (κ3) is 13.4. The number of carbonyl (C=O) groups excluding carboxylic acids is 4. The van der Waals surface area contributed by atoms with E-state index in [1.807, 2.05) is 6.92 Å². The molecule has 0 bridgehead atoms. The zero-order valence-corrected chi connectivity index (χ0v) is 47.2. The van der Waals surface area contributed by atoms with Crippen LogP contribution in [0.3, 0.4) is 0 Å². The van der Waals surface area contributed by atoms with Gasteiger partial charge in [0.05, 0.1) is 49.8 Å². The van der Waals surface area contributed by atoms with Crippen molar-refractivity contribution in [3.05, 3.63) is 0 Å². The van der Waals surface area contributed by atoms with Crippen LogP contribution < -0.4 is 16.0 Å². The Labute approximate surface area is 464 Å². The lowest BCUT2D eigenvalue weighted by molar-refractivity contribution is -0.338. The summed E-state index contributed by atoms with van der Waals surface area (Å²) < 4.78 is 38.2. The first-order chi connectivity index (χ1) is 37.4. The number of hydrogen-bond acceptors (Lipinski definition) is 18. The van der Waals surface area contributed by atoms with Crippen molar-refractivity contribution in [3.63, 3.8) is 0 Å². The summed E-state index contributed by atoms with van der Waals surface area (Å²) in [5, 5.41) is 96.0. The second-order valence-electron chi connectivity index (χ2n) is 25.6. The normalized spacial score (nSPS) is 44.7. The van der Waals surface area contributed by atoms with Crippen molar-refractivity contribution in [3.8, 4) is 0 Å². The van der Waals surface area contributed by atoms with E-state index < -0.39 is 134 Å². The monoisotopic (exact) mass is 1120 g/mol. The van der Waals surface area contributed by atoms with Gasteiger partial charge >= 0.3 is 5.97 Å². The first-order valence-electron chi connectivity index (χ1n) is 29.6. The molecule has 0 aromatic carbocycles. The van der Waals surface area contributed by atoms with Crippen LogP contribution in [0, 0.1) is 64.1 Å². The number of hydrogen-bond donors (Lipinski definition) is 11. The number of carbonyl (C=O) groups is 5. The number of aliphatic hydroxyl groups is 7. The molecule has 0 radical (unpaired) electrons. The van der Waals surface area contributed by atoms with E-state index in [1.54, 1.807) is 0 Å². The number of carboxylic acids is 1. The average molecular weight is 1120 g/mol. The van der Waals surface area contributed by atoms with E-state index in [4.69, 9.17) is 28.4 Å². The third-order valence-corrected chi connectivity index (χ3v) is 20.7. The van der Waals surface area contributed by atoms with Gasteiger partial charge in [-0.1, -0.05) is 47.0 Å². The van der Waals surface area contributed by atoms with Gasteiger partial charge in [-0.2, -0.15) is 0 Å². The maximum Gasteiger partial charge on any atom is 0.303 e. The van der Waals surface area contributed by atoms with Gasteiger partial charge in [0.25, 0.3) is 5.91 Å². The van der Waals surface area contributed by atoms with Crippen LogP contribution >= 0.6 is 0 Å². The van der Waals surface area contributed by atoms with Gasteiger partial charge in [0.1, 0.15) is 48.8 Å². The smallest absolute Gasteiger partial charge is 0.303 e. The number of aliphatic carboxylic acids is 1. The molecule has 22 heteroatoms. The molecule has 26 atom stereocenters. The van der Waals surface area contributed by atoms with Crippen LogP contribution in [-0.4, -0.2) is 188 Å². The lowest BCUT2D eigenvalue weighted by atomic mass is 9.43. The molecular weight excluding hydrogens is 1030 g/mol. The van der Waals surface area contributed by atoms with E-state index in [9.17, 15) is 64.8 Å². The fourth-order valence-electron chi connectivity index (χ4n) is 16.1. The van der Waals surface area contributed by atoms with Crippen molar-refractivity contribution < 1.29 is 93.2 Å². The van der Waals surface area contributed by atoms with Crippen LogP contribution in [0.15, 0.2) is 0 Å². The molecule has 8 fully saturated rings. The van der Waals surface area contributed by atoms with Crippen molar-refractivity contribution in [2.24, 2.45) is 64.1 Å². The maximum atomic E-state index is 14.3. The Hall–Kier alpha value is -2.97. The lowest BCUT2D eigenvalue weighted by Crippen LogP contribution is -2.67. The van der Waals surface area contributed by atoms with E-state index in [0.717, 1.165) is 44.9 Å². The van der Waals surface area contributed by atoms with Crippen LogP contribution in [0.25, 0.3) is 0 Å². The predicted molar refractivity (Wildman–Crippen MR) is 280 cm³/mol. The van der Waals surface area contributed by atoms with E-state index in [-0.39, 0.29) is 96.7 Å². The molecule has 450 valence electrons. The Morgan fingerprint density at radius 2 is 1.53 bits per heavy atom. The third-order valence-electron chi connectivity index (χ3n) is 20.7. The number of nitrogens with one attached hydrogen (secondary N) is 3. The van der Waals surface area contributed by atoms with Crippen LogP contribution in [0.5, 0.6) is 0 Å². The molecule has 8 rings (SSSR count). The Bertz CT molecular complexity index is 2120. The quantitative estimate of drug-likeness (QED) is 0.0724. The van der Waals surface area contributed by atoms with E-state index >= 15 is 0 Å². The second kappa shape index (κ2) is 25.9. The number of amides is 4. The highest BCUT2D eigenvalue weighted by molar-refractivity contribution is 5.96. The van der Waals surface area contributed by atoms with E-state index in [1.165, 1.54) is 20.8 Å². The topological polar surface area (TPSA) is 339 Å². The number of ether oxygens (including phenoxy) is 6. The SMILES string of the molecule is CCC1CC(C(=O)NCCO[C@@H]2CC[C@@]3(C)[C@@H](C2)C[C@@H](O)[C@H]2C4CC[C@H]([C@H](C)CCC(=O)O)[C@@]4(C)[C@@H](O)C[C@@H]23)C[C@@H](O[C@H]2O[C@H](CO)[C@H](O)[C@H](O[C@@H](CC3CC3)C(=O)NC(C)=O)[C@H]2NC(C)=O)[C@@H]1OC1OC(C)C(O)C(O)C1O. The number of carboxylic acid groups (broad SMARTS) is 1. The fraction of sp³-hybridized carbons (Fsp3) is 0.912. The summed E-state index contributed by atoms with van der Waals surface area (Å²) in [4.78, 5) is 64.1. The van der Waals surface area contributed by atoms with Crippen molar-refractivity contribution in [1.29, 1.82) is 0 Å². The van der Waals surface area contributed by atoms with Gasteiger partial charge in [-0.3, -0.25) is 29.3 Å². The van der Waals surface area contributed by atoms with Gasteiger partial charge in [-0.15, -0.1) is 0 Å². The molecule has 0 spiro atoms. The van der Waals surface area contributed by atoms with Crippen LogP contribution in [0.2, 0.25) is 0 Å². The number of fused-ring (bicyclic) bond motifs is 5. The Kier molecular flexibility index (Phi) is 20.3. The van der Waals surface area contributed by atoms with Gasteiger partial charge in [-0.05, 0) is 136 Å². The van der Waals surface area contributed by atoms with Crippen LogP contribution in [0.1, 0.15) is 145 Å². The Morgan fingerprint density at radius 3 is 2.19 bits per heavy atom. The van der Waals surface area contributed by atoms with Gasteiger partial charge in [-0.25, -0.2) is 0 Å². The number of aliphatic hydroxyl groups excluding tert-OH is 7. The minimum Gasteiger partial charge on any atom is -0.481 e. The largest absolute Gasteiger partial charge is 0.481 e. The molecule has 8 unspecified atom stereocenters. The summed E-state index contributed by atoms with van der Waals surface area (Å²) in [5.41, 5.74) is -0.491. The van der Waals surface area contributed by atoms with Crippen LogP contribution in [-0.2, 0) is 52.4 Å². The first-order valence-corrected chi connectivity index (χ1v) is 29.6. The summed E-state index contributed by atoms with van der Waals surface area (Å²) in [6.07, 6.45) is -8.69. The highest BCUT2D eigenvalue weighted by Gasteiger charge is 2.66. The Balaban J connectivity index is 0.936. The molecule has 2 heterocycles. The van der Waals surface area contributed by atoms with Gasteiger partial charge in [0.15, 0.2) is 12.6 Å². The molecule has 6 aliphatic carbocycles. The van der Waals surface area contributed by atoms with E-state index in [2.05, 4.69) is 36.7 Å². The second-order valence-corrected chi connectivity index (χ2v) is 25.6. The summed E-state index contributed by atoms with van der Waals surface area (Å²) >= 11 is 0. The Morgan fingerprint density at radius 1 is 0.797 bits per heavy atom. The fourth-order valence-corrected chi connectivity index (χ4v) is 16.1. The van der Waals surface area contributed by atoms with Crippen LogP contribution in [0.4, 0.5) is 0 Å². The van der Waals surface area contributed by atoms with Gasteiger partial charge in [0, 0.05) is 32.7 Å². The molecule has 2 saturated heterocycles. The predicted octanol–water partition coefficient (Wildman–Crippen LogP) is 1.42. The maximum absolute atomic E-state index is 14.3. The molecule has 0 aromatic rings. The molecule has 0 aromatic heterocycles. The summed E-state index contributed by atoms with van der Waals surface area (Å²) in [6, 6.07) is -1.32. The minimum absolute atomic E-state index is 0.000265. The molecule has 8 aliphatic rings. The van der Waals surface area contributed by atoms with E-state index in [0.29, 0.717) is 32.1 Å². The van der Waals surface area contributed by atoms with Crippen molar-refractivity contribution >= 4 is 29.6 Å². The number of rotatable bonds is 21. The van der Waals surface area contributed by atoms with Crippen molar-refractivity contribution in [2.75, 3.05) is 19.8 Å². The highest BCUT2D eigenvalue weighted by Crippen LogP contribution is 2.68. The summed E-state index contributed by atoms with van der Waals surface area (Å²) in [6.45, 7) is 12.1. The zero-order valence-electron chi connectivity index (χ0n) is 47.2. The van der Waals surface area contributed by atoms with Crippen molar-refractivity contribution in [2.45, 2.75) is 243 Å². The van der Waals surface area contributed by atoms with Gasteiger partial charge in [0.2, 0.25) is 17.7 Å². The lowest BCUT2D eigenvalue weighted by Gasteiger charge is -2.63. The standard InChI is InChI=1S/C57H93N3O19/c1-8-31-20-32(52(72)58-17-18-74-34-15-16-56(6)33(22-34)23-38(64)44-36-13-12-35(26(2)9-14-43(66)67)57(36,7)42(65)24-37(44)56)21-39(50(31)79-55-49(71)48(70)46(68)27(3)75-55)77-54-45(59-28(4)62)51(47(69)41(25-61)78-54)76-40(19-30-10-11-30)53(73)60-29(5)63/h26-27,30-42,44-51,54-55,61,64-65,68-71H,8-25H2,1-7H3,(H,58,72)(H,59,62)(H,66,67)(H,60,63,73)/t26-,27?,31?,32?,33+,34-,35-,36?,37+,38-,39-,40+,41-,42+,44+,45-,46?,47+,48?,49?,50-,51-,54+,55?,56+,57-/m1/s1. The number of imide groups is 1. The zero-order chi connectivity index (χ0) is 57.4. The van der Waals surface area contributed by atoms with Crippen molar-refractivity contribution in [1.82, 2.24) is 16.0 Å². The average Bonchev–Trinajstić information content (AvgIpc) is 4.28.